The molecule has 3 heterocycles. The van der Waals surface area contributed by atoms with Crippen LogP contribution in [0.1, 0.15) is 32.1 Å². The molecule has 126 valence electrons. The number of hydrogen-bond acceptors (Lipinski definition) is 6. The summed E-state index contributed by atoms with van der Waals surface area (Å²) in [6.07, 6.45) is 7.13. The molecule has 1 aromatic heterocycles. The van der Waals surface area contributed by atoms with Crippen molar-refractivity contribution in [2.45, 2.75) is 49.1 Å². The van der Waals surface area contributed by atoms with Crippen molar-refractivity contribution in [2.24, 2.45) is 0 Å². The summed E-state index contributed by atoms with van der Waals surface area (Å²) in [5, 5.41) is -0.163. The van der Waals surface area contributed by atoms with Crippen LogP contribution in [0.5, 0.6) is 6.01 Å². The van der Waals surface area contributed by atoms with E-state index < -0.39 is 15.6 Å². The predicted octanol–water partition coefficient (Wildman–Crippen LogP) is 0.971. The van der Waals surface area contributed by atoms with E-state index in [2.05, 4.69) is 9.97 Å². The molecule has 1 saturated carbocycles. The fourth-order valence-corrected chi connectivity index (χ4v) is 5.46. The maximum Gasteiger partial charge on any atom is 0.316 e. The fourth-order valence-electron chi connectivity index (χ4n) is 3.51. The van der Waals surface area contributed by atoms with Gasteiger partial charge in [-0.25, -0.2) is 18.4 Å². The highest BCUT2D eigenvalue weighted by Crippen LogP contribution is 2.39. The SMILES string of the molecule is O=S(=O)(C1CC1)N1CCCC2(CC(Oc3ncccn3)CO2)C1. The first kappa shape index (κ1) is 15.3. The van der Waals surface area contributed by atoms with E-state index in [4.69, 9.17) is 9.47 Å². The summed E-state index contributed by atoms with van der Waals surface area (Å²) < 4.78 is 38.4. The van der Waals surface area contributed by atoms with Crippen LogP contribution in [0, 0.1) is 0 Å². The highest BCUT2D eigenvalue weighted by atomic mass is 32.2. The molecule has 3 fully saturated rings. The molecule has 0 N–H and O–H groups in total. The third kappa shape index (κ3) is 3.07. The minimum absolute atomic E-state index is 0.124. The number of rotatable bonds is 4. The van der Waals surface area contributed by atoms with Crippen molar-refractivity contribution >= 4 is 10.0 Å². The van der Waals surface area contributed by atoms with Crippen molar-refractivity contribution in [1.29, 1.82) is 0 Å². The minimum Gasteiger partial charge on any atom is -0.458 e. The van der Waals surface area contributed by atoms with Crippen molar-refractivity contribution in [2.75, 3.05) is 19.7 Å². The van der Waals surface area contributed by atoms with Gasteiger partial charge in [-0.15, -0.1) is 0 Å². The van der Waals surface area contributed by atoms with E-state index in [1.54, 1.807) is 22.8 Å². The van der Waals surface area contributed by atoms with Crippen LogP contribution in [0.15, 0.2) is 18.5 Å². The Kier molecular flexibility index (Phi) is 3.78. The monoisotopic (exact) mass is 339 g/mol. The summed E-state index contributed by atoms with van der Waals surface area (Å²) in [5.41, 5.74) is -0.417. The van der Waals surface area contributed by atoms with E-state index in [0.717, 1.165) is 25.7 Å². The molecule has 8 heteroatoms. The first-order chi connectivity index (χ1) is 11.1. The van der Waals surface area contributed by atoms with Gasteiger partial charge in [0.2, 0.25) is 10.0 Å². The normalized spacial score (nSPS) is 32.3. The number of hydrogen-bond donors (Lipinski definition) is 0. The summed E-state index contributed by atoms with van der Waals surface area (Å²) in [5.74, 6) is 0. The standard InChI is InChI=1S/C15H21N3O4S/c19-23(20,13-3-4-13)18-8-1-5-15(11-18)9-12(10-21-15)22-14-16-6-2-7-17-14/h2,6-7,12-13H,1,3-5,8-11H2. The maximum absolute atomic E-state index is 12.5. The molecule has 1 aliphatic carbocycles. The molecule has 3 aliphatic rings. The van der Waals surface area contributed by atoms with Gasteiger partial charge in [-0.3, -0.25) is 0 Å². The third-order valence-corrected chi connectivity index (χ3v) is 7.14. The lowest BCUT2D eigenvalue weighted by molar-refractivity contribution is -0.0339. The van der Waals surface area contributed by atoms with Gasteiger partial charge in [-0.2, -0.15) is 4.31 Å². The molecule has 1 aromatic rings. The fraction of sp³-hybridized carbons (Fsp3) is 0.733. The molecule has 0 amide bonds. The minimum atomic E-state index is -3.14. The van der Waals surface area contributed by atoms with E-state index in [0.29, 0.717) is 32.1 Å². The van der Waals surface area contributed by atoms with Crippen LogP contribution >= 0.6 is 0 Å². The van der Waals surface area contributed by atoms with Gasteiger partial charge in [-0.1, -0.05) is 0 Å². The molecule has 2 atom stereocenters. The molecule has 0 radical (unpaired) electrons. The van der Waals surface area contributed by atoms with Crippen molar-refractivity contribution in [3.63, 3.8) is 0 Å². The summed E-state index contributed by atoms with van der Waals surface area (Å²) >= 11 is 0. The largest absolute Gasteiger partial charge is 0.458 e. The quantitative estimate of drug-likeness (QED) is 0.813. The Hall–Kier alpha value is -1.25. The van der Waals surface area contributed by atoms with Crippen LogP contribution in [0.4, 0.5) is 0 Å². The van der Waals surface area contributed by atoms with Crippen LogP contribution in [-0.2, 0) is 14.8 Å². The van der Waals surface area contributed by atoms with Gasteiger partial charge in [-0.05, 0) is 31.7 Å². The Labute approximate surface area is 136 Å². The van der Waals surface area contributed by atoms with E-state index in [9.17, 15) is 8.42 Å². The molecule has 2 aliphatic heterocycles. The highest BCUT2D eigenvalue weighted by Gasteiger charge is 2.49. The lowest BCUT2D eigenvalue weighted by Crippen LogP contribution is -2.51. The molecular weight excluding hydrogens is 318 g/mol. The van der Waals surface area contributed by atoms with Gasteiger partial charge in [0.05, 0.1) is 17.5 Å². The van der Waals surface area contributed by atoms with Crippen LogP contribution in [0.25, 0.3) is 0 Å². The van der Waals surface area contributed by atoms with Crippen LogP contribution < -0.4 is 4.74 Å². The van der Waals surface area contributed by atoms with E-state index in [1.165, 1.54) is 0 Å². The summed E-state index contributed by atoms with van der Waals surface area (Å²) in [7, 11) is -3.14. The predicted molar refractivity (Wildman–Crippen MR) is 82.5 cm³/mol. The second kappa shape index (κ2) is 5.68. The smallest absolute Gasteiger partial charge is 0.316 e. The van der Waals surface area contributed by atoms with E-state index in [-0.39, 0.29) is 11.4 Å². The zero-order valence-corrected chi connectivity index (χ0v) is 13.7. The van der Waals surface area contributed by atoms with Gasteiger partial charge >= 0.3 is 6.01 Å². The molecule has 4 rings (SSSR count). The first-order valence-electron chi connectivity index (χ1n) is 8.14. The third-order valence-electron chi connectivity index (χ3n) is 4.80. The lowest BCUT2D eigenvalue weighted by atomic mass is 9.90. The molecule has 0 aromatic carbocycles. The van der Waals surface area contributed by atoms with Gasteiger partial charge < -0.3 is 9.47 Å². The number of piperidine rings is 1. The van der Waals surface area contributed by atoms with Gasteiger partial charge in [0.25, 0.3) is 0 Å². The highest BCUT2D eigenvalue weighted by molar-refractivity contribution is 7.90. The Morgan fingerprint density at radius 3 is 2.83 bits per heavy atom. The summed E-state index contributed by atoms with van der Waals surface area (Å²) in [6.45, 7) is 1.51. The summed E-state index contributed by atoms with van der Waals surface area (Å²) in [6, 6.07) is 2.08. The average molecular weight is 339 g/mol. The molecule has 2 saturated heterocycles. The van der Waals surface area contributed by atoms with Gasteiger partial charge in [0.1, 0.15) is 6.10 Å². The Morgan fingerprint density at radius 2 is 2.09 bits per heavy atom. The number of nitrogens with zero attached hydrogens (tertiary/aromatic N) is 3. The Balaban J connectivity index is 1.43. The second-order valence-corrected chi connectivity index (χ2v) is 8.86. The van der Waals surface area contributed by atoms with E-state index in [1.807, 2.05) is 0 Å². The van der Waals surface area contributed by atoms with Gasteiger partial charge in [0.15, 0.2) is 0 Å². The summed E-state index contributed by atoms with van der Waals surface area (Å²) in [4.78, 5) is 8.13. The second-order valence-electron chi connectivity index (χ2n) is 6.65. The number of aromatic nitrogens is 2. The van der Waals surface area contributed by atoms with Crippen LogP contribution in [0.3, 0.4) is 0 Å². The van der Waals surface area contributed by atoms with Crippen molar-refractivity contribution in [3.05, 3.63) is 18.5 Å². The van der Waals surface area contributed by atoms with Gasteiger partial charge in [0, 0.05) is 31.9 Å². The molecule has 7 nitrogen and oxygen atoms in total. The van der Waals surface area contributed by atoms with Crippen LogP contribution in [-0.4, -0.2) is 59.3 Å². The topological polar surface area (TPSA) is 81.6 Å². The van der Waals surface area contributed by atoms with Crippen molar-refractivity contribution in [1.82, 2.24) is 14.3 Å². The molecular formula is C15H21N3O4S. The number of ether oxygens (including phenoxy) is 2. The molecule has 1 spiro atoms. The first-order valence-corrected chi connectivity index (χ1v) is 9.64. The Bertz CT molecular complexity index is 665. The van der Waals surface area contributed by atoms with Crippen molar-refractivity contribution in [3.8, 4) is 6.01 Å². The zero-order valence-electron chi connectivity index (χ0n) is 12.9. The average Bonchev–Trinajstić information content (AvgIpc) is 3.34. The van der Waals surface area contributed by atoms with E-state index >= 15 is 0 Å². The molecule has 2 unspecified atom stereocenters. The molecule has 23 heavy (non-hydrogen) atoms. The number of sulfonamides is 1. The molecule has 0 bridgehead atoms. The zero-order chi connectivity index (χ0) is 15.9. The lowest BCUT2D eigenvalue weighted by Gasteiger charge is -2.38. The Morgan fingerprint density at radius 1 is 1.30 bits per heavy atom. The van der Waals surface area contributed by atoms with Crippen LogP contribution in [0.2, 0.25) is 0 Å². The van der Waals surface area contributed by atoms with Crippen molar-refractivity contribution < 1.29 is 17.9 Å². The maximum atomic E-state index is 12.5.